The van der Waals surface area contributed by atoms with Crippen molar-refractivity contribution in [1.82, 2.24) is 5.32 Å². The first kappa shape index (κ1) is 31.9. The molecule has 2 rings (SSSR count). The van der Waals surface area contributed by atoms with Crippen molar-refractivity contribution in [2.24, 2.45) is 5.11 Å². The van der Waals surface area contributed by atoms with Gasteiger partial charge in [-0.3, -0.25) is 4.79 Å². The van der Waals surface area contributed by atoms with Crippen LogP contribution in [0.15, 0.2) is 65.8 Å². The van der Waals surface area contributed by atoms with Gasteiger partial charge in [0.2, 0.25) is 0 Å². The summed E-state index contributed by atoms with van der Waals surface area (Å²) in [4.78, 5) is 28.5. The normalized spacial score (nSPS) is 14.4. The minimum absolute atomic E-state index is 0.0242. The van der Waals surface area contributed by atoms with Crippen LogP contribution in [0.5, 0.6) is 0 Å². The van der Waals surface area contributed by atoms with E-state index in [0.29, 0.717) is 0 Å². The van der Waals surface area contributed by atoms with Crippen LogP contribution in [0.25, 0.3) is 10.4 Å². The van der Waals surface area contributed by atoms with Gasteiger partial charge >= 0.3 is 12.1 Å². The molecule has 212 valence electrons. The minimum Gasteiger partial charge on any atom is -0.466 e. The molecule has 2 aromatic rings. The molecule has 0 heterocycles. The van der Waals surface area contributed by atoms with Crippen LogP contribution in [0, 0.1) is 0 Å². The SMILES string of the molecule is CCOC(=O)[C@H](C[C@](C)(CO[Si](c1ccccc1)(c1ccccc1)C(C)(C)C)NC(=O)OC(C)(C)C)N=[N+]=[N-]. The molecule has 0 bridgehead atoms. The molecule has 2 aromatic carbocycles. The zero-order valence-corrected chi connectivity index (χ0v) is 25.4. The fourth-order valence-corrected chi connectivity index (χ4v) is 9.31. The van der Waals surface area contributed by atoms with Crippen molar-refractivity contribution in [2.45, 2.75) is 84.0 Å². The first-order chi connectivity index (χ1) is 18.2. The van der Waals surface area contributed by atoms with Gasteiger partial charge in [0, 0.05) is 4.91 Å². The molecule has 2 atom stereocenters. The molecule has 9 nitrogen and oxygen atoms in total. The Morgan fingerprint density at radius 1 is 0.949 bits per heavy atom. The second-order valence-electron chi connectivity index (χ2n) is 11.8. The quantitative estimate of drug-likeness (QED) is 0.130. The van der Waals surface area contributed by atoms with Crippen molar-refractivity contribution < 1.29 is 23.5 Å². The van der Waals surface area contributed by atoms with Crippen LogP contribution in [0.1, 0.15) is 61.8 Å². The zero-order chi connectivity index (χ0) is 29.3. The molecule has 1 amide bonds. The molecule has 0 fully saturated rings. The lowest BCUT2D eigenvalue weighted by Crippen LogP contribution is -2.68. The van der Waals surface area contributed by atoms with Crippen LogP contribution in [-0.2, 0) is 18.7 Å². The van der Waals surface area contributed by atoms with Crippen molar-refractivity contribution in [3.63, 3.8) is 0 Å². The van der Waals surface area contributed by atoms with E-state index in [1.54, 1.807) is 34.6 Å². The summed E-state index contributed by atoms with van der Waals surface area (Å²) in [6.45, 7) is 15.3. The number of carbonyl (C=O) groups is 2. The Morgan fingerprint density at radius 3 is 1.87 bits per heavy atom. The smallest absolute Gasteiger partial charge is 0.408 e. The predicted molar refractivity (Wildman–Crippen MR) is 156 cm³/mol. The molecule has 39 heavy (non-hydrogen) atoms. The molecular formula is C29H42N4O5Si. The Hall–Kier alpha value is -3.33. The number of nitrogens with one attached hydrogen (secondary N) is 1. The Morgan fingerprint density at radius 2 is 1.46 bits per heavy atom. The van der Waals surface area contributed by atoms with Crippen molar-refractivity contribution in [3.8, 4) is 0 Å². The van der Waals surface area contributed by atoms with E-state index in [9.17, 15) is 9.59 Å². The number of esters is 1. The molecule has 0 saturated heterocycles. The van der Waals surface area contributed by atoms with Gasteiger partial charge in [0.25, 0.3) is 8.32 Å². The lowest BCUT2D eigenvalue weighted by Gasteiger charge is -2.45. The summed E-state index contributed by atoms with van der Waals surface area (Å²) in [5, 5.41) is 8.42. The number of amides is 1. The maximum atomic E-state index is 13.0. The van der Waals surface area contributed by atoms with Crippen LogP contribution < -0.4 is 15.7 Å². The van der Waals surface area contributed by atoms with Gasteiger partial charge in [0.15, 0.2) is 0 Å². The van der Waals surface area contributed by atoms with Gasteiger partial charge in [-0.25, -0.2) is 4.79 Å². The predicted octanol–water partition coefficient (Wildman–Crippen LogP) is 5.48. The fraction of sp³-hybridized carbons (Fsp3) is 0.517. The first-order valence-corrected chi connectivity index (χ1v) is 15.1. The number of hydrogen-bond donors (Lipinski definition) is 1. The van der Waals surface area contributed by atoms with E-state index in [1.807, 2.05) is 36.4 Å². The van der Waals surface area contributed by atoms with E-state index in [1.165, 1.54) is 0 Å². The van der Waals surface area contributed by atoms with Crippen LogP contribution in [-0.4, -0.2) is 50.8 Å². The summed E-state index contributed by atoms with van der Waals surface area (Å²) in [6, 6.07) is 19.0. The van der Waals surface area contributed by atoms with Gasteiger partial charge in [-0.1, -0.05) is 86.5 Å². The number of hydrogen-bond acceptors (Lipinski definition) is 6. The number of rotatable bonds is 11. The maximum absolute atomic E-state index is 13.0. The lowest BCUT2D eigenvalue weighted by atomic mass is 9.94. The highest BCUT2D eigenvalue weighted by Crippen LogP contribution is 2.37. The largest absolute Gasteiger partial charge is 0.466 e. The molecule has 0 aliphatic carbocycles. The number of benzene rings is 2. The molecule has 1 N–H and O–H groups in total. The summed E-state index contributed by atoms with van der Waals surface area (Å²) in [5.41, 5.74) is 7.27. The number of alkyl carbamates (subject to hydrolysis) is 1. The van der Waals surface area contributed by atoms with Gasteiger partial charge < -0.3 is 19.2 Å². The van der Waals surface area contributed by atoms with Crippen LogP contribution in [0.4, 0.5) is 4.79 Å². The van der Waals surface area contributed by atoms with Gasteiger partial charge in [-0.15, -0.1) is 0 Å². The van der Waals surface area contributed by atoms with Crippen LogP contribution in [0.3, 0.4) is 0 Å². The molecule has 0 radical (unpaired) electrons. The van der Waals surface area contributed by atoms with E-state index < -0.39 is 37.6 Å². The highest BCUT2D eigenvalue weighted by atomic mass is 28.4. The first-order valence-electron chi connectivity index (χ1n) is 13.1. The number of nitrogens with zero attached hydrogens (tertiary/aromatic N) is 3. The van der Waals surface area contributed by atoms with Crippen LogP contribution in [0.2, 0.25) is 5.04 Å². The molecule has 0 spiro atoms. The number of azide groups is 1. The molecule has 0 aliphatic rings. The number of carbonyl (C=O) groups excluding carboxylic acids is 2. The van der Waals surface area contributed by atoms with Crippen molar-refractivity contribution >= 4 is 30.8 Å². The van der Waals surface area contributed by atoms with E-state index in [4.69, 9.17) is 19.4 Å². The van der Waals surface area contributed by atoms with Crippen LogP contribution >= 0.6 is 0 Å². The molecule has 0 aliphatic heterocycles. The monoisotopic (exact) mass is 554 g/mol. The maximum Gasteiger partial charge on any atom is 0.408 e. The third-order valence-corrected chi connectivity index (χ3v) is 11.2. The summed E-state index contributed by atoms with van der Waals surface area (Å²) < 4.78 is 17.7. The number of ether oxygens (including phenoxy) is 2. The summed E-state index contributed by atoms with van der Waals surface area (Å²) in [5.74, 6) is -0.669. The van der Waals surface area contributed by atoms with Crippen molar-refractivity contribution in [3.05, 3.63) is 71.1 Å². The Kier molecular flexibility index (Phi) is 10.7. The van der Waals surface area contributed by atoms with Gasteiger partial charge in [0.05, 0.1) is 18.8 Å². The van der Waals surface area contributed by atoms with Crippen molar-refractivity contribution in [2.75, 3.05) is 13.2 Å². The second kappa shape index (κ2) is 13.1. The average molecular weight is 555 g/mol. The third-order valence-electron chi connectivity index (χ3n) is 6.22. The molecular weight excluding hydrogens is 512 g/mol. The van der Waals surface area contributed by atoms with E-state index >= 15 is 0 Å². The topological polar surface area (TPSA) is 123 Å². The summed E-state index contributed by atoms with van der Waals surface area (Å²) >= 11 is 0. The molecule has 0 unspecified atom stereocenters. The Labute approximate surface area is 233 Å². The third kappa shape index (κ3) is 8.58. The lowest BCUT2D eigenvalue weighted by molar-refractivity contribution is -0.145. The Balaban J connectivity index is 2.61. The molecule has 0 saturated carbocycles. The zero-order valence-electron chi connectivity index (χ0n) is 24.4. The van der Waals surface area contributed by atoms with Gasteiger partial charge in [0.1, 0.15) is 11.6 Å². The van der Waals surface area contributed by atoms with Gasteiger partial charge in [-0.2, -0.15) is 0 Å². The van der Waals surface area contributed by atoms with Crippen molar-refractivity contribution in [1.29, 1.82) is 0 Å². The standard InChI is InChI=1S/C29H42N4O5Si/c1-9-36-25(34)24(32-33-30)20-29(8,31-26(35)38-27(2,3)4)21-37-39(28(5,6)7,22-16-12-10-13-17-22)23-18-14-11-15-19-23/h10-19,24H,9,20-21H2,1-8H3,(H,31,35)/t24-,29+/m0/s1. The van der Waals surface area contributed by atoms with E-state index in [2.05, 4.69) is 60.4 Å². The minimum atomic E-state index is -2.98. The summed E-state index contributed by atoms with van der Waals surface area (Å²) in [7, 11) is -2.98. The van der Waals surface area contributed by atoms with E-state index in [0.717, 1.165) is 10.4 Å². The molecule has 0 aromatic heterocycles. The fourth-order valence-electron chi connectivity index (χ4n) is 4.62. The summed E-state index contributed by atoms with van der Waals surface area (Å²) in [6.07, 6.45) is -0.715. The highest BCUT2D eigenvalue weighted by Gasteiger charge is 2.51. The van der Waals surface area contributed by atoms with E-state index in [-0.39, 0.29) is 24.7 Å². The molecule has 10 heteroatoms. The Bertz CT molecular complexity index is 1100. The second-order valence-corrected chi connectivity index (χ2v) is 16.1. The van der Waals surface area contributed by atoms with Gasteiger partial charge in [-0.05, 0) is 62.0 Å². The highest BCUT2D eigenvalue weighted by molar-refractivity contribution is 6.99. The average Bonchev–Trinajstić information content (AvgIpc) is 2.83.